The number of ether oxygens (including phenoxy) is 1. The highest BCUT2D eigenvalue weighted by Gasteiger charge is 2.14. The third-order valence-corrected chi connectivity index (χ3v) is 4.02. The van der Waals surface area contributed by atoms with Gasteiger partial charge in [-0.25, -0.2) is 4.98 Å². The van der Waals surface area contributed by atoms with Crippen LogP contribution in [0, 0.1) is 6.92 Å². The van der Waals surface area contributed by atoms with Crippen molar-refractivity contribution < 1.29 is 4.74 Å². The van der Waals surface area contributed by atoms with E-state index >= 15 is 0 Å². The van der Waals surface area contributed by atoms with Crippen molar-refractivity contribution in [2.75, 3.05) is 7.11 Å². The summed E-state index contributed by atoms with van der Waals surface area (Å²) >= 11 is 0. The standard InChI is InChI=1S/C18H15N3O/c1-11-14-10-13(22-2)8-9-15(14)19-18-16(11)17(20-21-18)12-6-4-3-5-7-12/h3-10H,1-2H3,(H,19,20,21). The Bertz CT molecular complexity index is 974. The van der Waals surface area contributed by atoms with Gasteiger partial charge in [-0.3, -0.25) is 5.10 Å². The van der Waals surface area contributed by atoms with Gasteiger partial charge in [0.25, 0.3) is 0 Å². The third-order valence-electron chi connectivity index (χ3n) is 4.02. The van der Waals surface area contributed by atoms with Crippen LogP contribution in [0.2, 0.25) is 0 Å². The molecule has 0 spiro atoms. The Kier molecular flexibility index (Phi) is 2.82. The summed E-state index contributed by atoms with van der Waals surface area (Å²) in [5.41, 5.74) is 4.94. The minimum absolute atomic E-state index is 0.744. The van der Waals surface area contributed by atoms with E-state index in [1.807, 2.05) is 36.4 Å². The van der Waals surface area contributed by atoms with Gasteiger partial charge in [-0.05, 0) is 30.7 Å². The molecule has 0 radical (unpaired) electrons. The number of aryl methyl sites for hydroxylation is 1. The number of nitrogens with zero attached hydrogens (tertiary/aromatic N) is 2. The van der Waals surface area contributed by atoms with Crippen molar-refractivity contribution in [1.29, 1.82) is 0 Å². The van der Waals surface area contributed by atoms with Gasteiger partial charge < -0.3 is 4.74 Å². The van der Waals surface area contributed by atoms with Crippen LogP contribution in [0.25, 0.3) is 33.2 Å². The van der Waals surface area contributed by atoms with Gasteiger partial charge in [0.05, 0.1) is 23.7 Å². The molecule has 1 N–H and O–H groups in total. The Morgan fingerprint density at radius 3 is 2.64 bits per heavy atom. The van der Waals surface area contributed by atoms with Crippen molar-refractivity contribution in [3.63, 3.8) is 0 Å². The molecule has 0 saturated carbocycles. The molecule has 2 aromatic heterocycles. The number of hydrogen-bond acceptors (Lipinski definition) is 3. The van der Waals surface area contributed by atoms with Crippen LogP contribution < -0.4 is 4.74 Å². The highest BCUT2D eigenvalue weighted by atomic mass is 16.5. The van der Waals surface area contributed by atoms with Gasteiger partial charge in [0.1, 0.15) is 5.75 Å². The zero-order valence-electron chi connectivity index (χ0n) is 12.4. The van der Waals surface area contributed by atoms with Crippen molar-refractivity contribution in [3.8, 4) is 17.0 Å². The molecule has 4 rings (SSSR count). The topological polar surface area (TPSA) is 50.8 Å². The molecular formula is C18H15N3O. The number of hydrogen-bond donors (Lipinski definition) is 1. The second kappa shape index (κ2) is 4.84. The highest BCUT2D eigenvalue weighted by Crippen LogP contribution is 2.33. The van der Waals surface area contributed by atoms with Crippen LogP contribution in [-0.4, -0.2) is 22.3 Å². The van der Waals surface area contributed by atoms with Gasteiger partial charge in [0, 0.05) is 10.9 Å². The first-order valence-electron chi connectivity index (χ1n) is 7.16. The summed E-state index contributed by atoms with van der Waals surface area (Å²) in [6.07, 6.45) is 0. The minimum Gasteiger partial charge on any atom is -0.497 e. The summed E-state index contributed by atoms with van der Waals surface area (Å²) in [5.74, 6) is 0.835. The highest BCUT2D eigenvalue weighted by molar-refractivity contribution is 6.02. The van der Waals surface area contributed by atoms with Gasteiger partial charge in [-0.1, -0.05) is 30.3 Å². The van der Waals surface area contributed by atoms with E-state index < -0.39 is 0 Å². The lowest BCUT2D eigenvalue weighted by Gasteiger charge is -2.07. The van der Waals surface area contributed by atoms with Gasteiger partial charge >= 0.3 is 0 Å². The predicted molar refractivity (Wildman–Crippen MR) is 88.1 cm³/mol. The maximum absolute atomic E-state index is 5.33. The molecule has 0 atom stereocenters. The fourth-order valence-electron chi connectivity index (χ4n) is 2.87. The second-order valence-electron chi connectivity index (χ2n) is 5.28. The first-order chi connectivity index (χ1) is 10.8. The Labute approximate surface area is 127 Å². The molecule has 0 unspecified atom stereocenters. The lowest BCUT2D eigenvalue weighted by atomic mass is 10.0. The van der Waals surface area contributed by atoms with Crippen LogP contribution in [-0.2, 0) is 0 Å². The lowest BCUT2D eigenvalue weighted by Crippen LogP contribution is -1.89. The monoisotopic (exact) mass is 289 g/mol. The number of rotatable bonds is 2. The van der Waals surface area contributed by atoms with Crippen LogP contribution in [0.1, 0.15) is 5.56 Å². The lowest BCUT2D eigenvalue weighted by molar-refractivity contribution is 0.415. The minimum atomic E-state index is 0.744. The number of pyridine rings is 1. The van der Waals surface area contributed by atoms with Gasteiger partial charge in [-0.2, -0.15) is 5.10 Å². The van der Waals surface area contributed by atoms with E-state index in [2.05, 4.69) is 34.2 Å². The van der Waals surface area contributed by atoms with Crippen LogP contribution in [0.15, 0.2) is 48.5 Å². The van der Waals surface area contributed by atoms with Crippen molar-refractivity contribution in [1.82, 2.24) is 15.2 Å². The molecule has 4 aromatic rings. The Morgan fingerprint density at radius 2 is 1.86 bits per heavy atom. The number of aromatic amines is 1. The summed E-state index contributed by atoms with van der Waals surface area (Å²) in [5, 5.41) is 9.66. The van der Waals surface area contributed by atoms with Crippen molar-refractivity contribution in [2.45, 2.75) is 6.92 Å². The van der Waals surface area contributed by atoms with Crippen LogP contribution >= 0.6 is 0 Å². The van der Waals surface area contributed by atoms with E-state index in [1.165, 1.54) is 0 Å². The average Bonchev–Trinajstić information content (AvgIpc) is 3.00. The van der Waals surface area contributed by atoms with E-state index in [-0.39, 0.29) is 0 Å². The van der Waals surface area contributed by atoms with Crippen LogP contribution in [0.3, 0.4) is 0 Å². The Hall–Kier alpha value is -2.88. The fraction of sp³-hybridized carbons (Fsp3) is 0.111. The van der Waals surface area contributed by atoms with Crippen molar-refractivity contribution in [2.24, 2.45) is 0 Å². The third kappa shape index (κ3) is 1.84. The molecule has 0 amide bonds. The molecule has 0 bridgehead atoms. The Balaban J connectivity index is 2.07. The summed E-state index contributed by atoms with van der Waals surface area (Å²) in [6, 6.07) is 16.1. The van der Waals surface area contributed by atoms with Gasteiger partial charge in [0.15, 0.2) is 5.65 Å². The van der Waals surface area contributed by atoms with Crippen LogP contribution in [0.4, 0.5) is 0 Å². The molecular weight excluding hydrogens is 274 g/mol. The first-order valence-corrected chi connectivity index (χ1v) is 7.16. The average molecular weight is 289 g/mol. The number of nitrogens with one attached hydrogen (secondary N) is 1. The second-order valence-corrected chi connectivity index (χ2v) is 5.28. The summed E-state index contributed by atoms with van der Waals surface area (Å²) < 4.78 is 5.33. The number of benzene rings is 2. The number of methoxy groups -OCH3 is 1. The van der Waals surface area contributed by atoms with Crippen LogP contribution in [0.5, 0.6) is 5.75 Å². The van der Waals surface area contributed by atoms with E-state index in [0.717, 1.165) is 44.5 Å². The van der Waals surface area contributed by atoms with Gasteiger partial charge in [-0.15, -0.1) is 0 Å². The molecule has 2 aromatic carbocycles. The zero-order chi connectivity index (χ0) is 15.1. The largest absolute Gasteiger partial charge is 0.497 e. The summed E-state index contributed by atoms with van der Waals surface area (Å²) in [6.45, 7) is 2.10. The summed E-state index contributed by atoms with van der Waals surface area (Å²) in [4.78, 5) is 4.66. The normalized spacial score (nSPS) is 11.2. The van der Waals surface area contributed by atoms with E-state index in [0.29, 0.717) is 0 Å². The molecule has 4 heteroatoms. The van der Waals surface area contributed by atoms with E-state index in [1.54, 1.807) is 7.11 Å². The predicted octanol–water partition coefficient (Wildman–Crippen LogP) is 4.10. The molecule has 108 valence electrons. The molecule has 22 heavy (non-hydrogen) atoms. The summed E-state index contributed by atoms with van der Waals surface area (Å²) in [7, 11) is 1.68. The fourth-order valence-corrected chi connectivity index (χ4v) is 2.87. The van der Waals surface area contributed by atoms with E-state index in [9.17, 15) is 0 Å². The van der Waals surface area contributed by atoms with Gasteiger partial charge in [0.2, 0.25) is 0 Å². The van der Waals surface area contributed by atoms with Crippen molar-refractivity contribution in [3.05, 3.63) is 54.1 Å². The maximum Gasteiger partial charge on any atom is 0.182 e. The first kappa shape index (κ1) is 12.8. The molecule has 0 aliphatic rings. The molecule has 0 fully saturated rings. The zero-order valence-corrected chi connectivity index (χ0v) is 12.4. The molecule has 4 nitrogen and oxygen atoms in total. The number of fused-ring (bicyclic) bond motifs is 2. The quantitative estimate of drug-likeness (QED) is 0.604. The molecule has 0 saturated heterocycles. The SMILES string of the molecule is COc1ccc2nc3n[nH]c(-c4ccccc4)c3c(C)c2c1. The molecule has 2 heterocycles. The Morgan fingerprint density at radius 1 is 1.05 bits per heavy atom. The molecule has 0 aliphatic heterocycles. The smallest absolute Gasteiger partial charge is 0.182 e. The van der Waals surface area contributed by atoms with E-state index in [4.69, 9.17) is 4.74 Å². The molecule has 0 aliphatic carbocycles. The number of aromatic nitrogens is 3. The number of H-pyrrole nitrogens is 1. The maximum atomic E-state index is 5.33. The van der Waals surface area contributed by atoms with Crippen molar-refractivity contribution >= 4 is 21.9 Å².